The third-order valence-corrected chi connectivity index (χ3v) is 5.63. The lowest BCUT2D eigenvalue weighted by molar-refractivity contribution is -0.120. The Morgan fingerprint density at radius 2 is 1.68 bits per heavy atom. The normalized spacial score (nSPS) is 15.9. The average Bonchev–Trinajstić information content (AvgIpc) is 3.14. The lowest BCUT2D eigenvalue weighted by Gasteiger charge is -2.15. The van der Waals surface area contributed by atoms with Crippen LogP contribution in [0.4, 0.5) is 0 Å². The van der Waals surface area contributed by atoms with Crippen LogP contribution < -0.4 is 5.32 Å². The molecule has 0 aromatic heterocycles. The van der Waals surface area contributed by atoms with Gasteiger partial charge >= 0.3 is 0 Å². The second-order valence-corrected chi connectivity index (χ2v) is 8.00. The Labute approximate surface area is 154 Å². The van der Waals surface area contributed by atoms with E-state index in [1.54, 1.807) is 11.8 Å². The van der Waals surface area contributed by atoms with Crippen molar-refractivity contribution in [1.29, 1.82) is 0 Å². The molecule has 132 valence electrons. The Hall–Kier alpha value is -1.78. The Kier molecular flexibility index (Phi) is 6.54. The van der Waals surface area contributed by atoms with Crippen LogP contribution in [-0.4, -0.2) is 29.1 Å². The number of hydrogen-bond donors (Lipinski definition) is 1. The molecule has 0 bridgehead atoms. The molecule has 0 saturated carbocycles. The fourth-order valence-electron chi connectivity index (χ4n) is 3.05. The molecule has 1 aliphatic rings. The molecule has 25 heavy (non-hydrogen) atoms. The van der Waals surface area contributed by atoms with Crippen molar-refractivity contribution in [2.24, 2.45) is 0 Å². The van der Waals surface area contributed by atoms with Crippen LogP contribution in [0.25, 0.3) is 0 Å². The van der Waals surface area contributed by atoms with Crippen LogP contribution >= 0.6 is 11.8 Å². The summed E-state index contributed by atoms with van der Waals surface area (Å²) in [5.74, 6) is 0.0787. The smallest absolute Gasteiger partial charge is 0.233 e. The molecule has 1 heterocycles. The summed E-state index contributed by atoms with van der Waals surface area (Å²) in [6.45, 7) is 6.01. The number of likely N-dealkylation sites (tertiary alicyclic amines) is 1. The van der Waals surface area contributed by atoms with Gasteiger partial charge in [-0.05, 0) is 56.1 Å². The van der Waals surface area contributed by atoms with Crippen LogP contribution in [0.3, 0.4) is 0 Å². The minimum atomic E-state index is -0.100. The summed E-state index contributed by atoms with van der Waals surface area (Å²) in [6.07, 6.45) is 2.65. The topological polar surface area (TPSA) is 32.3 Å². The number of rotatable bonds is 7. The van der Waals surface area contributed by atoms with Gasteiger partial charge in [0.05, 0.1) is 5.25 Å². The zero-order chi connectivity index (χ0) is 17.5. The van der Waals surface area contributed by atoms with Crippen molar-refractivity contribution in [2.75, 3.05) is 13.1 Å². The first-order valence-corrected chi connectivity index (χ1v) is 9.88. The standard InChI is InChI=1S/C21H26N2OS/c1-17(25-20-7-3-2-4-8-20)21(24)22-15-18-9-11-19(12-10-18)16-23-13-5-6-14-23/h2-4,7-12,17H,5-6,13-16H2,1H3,(H,22,24)/t17-/m0/s1. The van der Waals surface area contributed by atoms with E-state index in [9.17, 15) is 4.79 Å². The van der Waals surface area contributed by atoms with Gasteiger partial charge < -0.3 is 5.32 Å². The number of amides is 1. The maximum atomic E-state index is 12.3. The summed E-state index contributed by atoms with van der Waals surface area (Å²) >= 11 is 1.59. The van der Waals surface area contributed by atoms with Gasteiger partial charge in [-0.15, -0.1) is 11.8 Å². The van der Waals surface area contributed by atoms with Crippen molar-refractivity contribution in [1.82, 2.24) is 10.2 Å². The summed E-state index contributed by atoms with van der Waals surface area (Å²) in [4.78, 5) is 15.9. The van der Waals surface area contributed by atoms with Gasteiger partial charge in [0.15, 0.2) is 0 Å². The highest BCUT2D eigenvalue weighted by Gasteiger charge is 2.14. The molecule has 4 heteroatoms. The number of benzene rings is 2. The minimum absolute atomic E-state index is 0.0787. The van der Waals surface area contributed by atoms with Crippen LogP contribution in [0.2, 0.25) is 0 Å². The average molecular weight is 355 g/mol. The van der Waals surface area contributed by atoms with Gasteiger partial charge in [-0.2, -0.15) is 0 Å². The molecule has 3 rings (SSSR count). The number of hydrogen-bond acceptors (Lipinski definition) is 3. The molecular formula is C21H26N2OS. The third kappa shape index (κ3) is 5.62. The van der Waals surface area contributed by atoms with E-state index in [0.717, 1.165) is 17.0 Å². The van der Waals surface area contributed by atoms with E-state index in [-0.39, 0.29) is 11.2 Å². The van der Waals surface area contributed by atoms with E-state index in [1.807, 2.05) is 37.3 Å². The first-order chi connectivity index (χ1) is 12.2. The summed E-state index contributed by atoms with van der Waals surface area (Å²) < 4.78 is 0. The Balaban J connectivity index is 1.45. The molecule has 1 atom stereocenters. The van der Waals surface area contributed by atoms with Gasteiger partial charge in [-0.25, -0.2) is 0 Å². The Morgan fingerprint density at radius 1 is 1.04 bits per heavy atom. The molecule has 0 spiro atoms. The molecule has 3 nitrogen and oxygen atoms in total. The van der Waals surface area contributed by atoms with E-state index in [2.05, 4.69) is 34.5 Å². The lowest BCUT2D eigenvalue weighted by Crippen LogP contribution is -2.30. The number of carbonyl (C=O) groups is 1. The molecule has 0 aliphatic carbocycles. The van der Waals surface area contributed by atoms with Gasteiger partial charge in [-0.1, -0.05) is 42.5 Å². The second kappa shape index (κ2) is 9.07. The summed E-state index contributed by atoms with van der Waals surface area (Å²) in [5.41, 5.74) is 2.50. The van der Waals surface area contributed by atoms with E-state index in [4.69, 9.17) is 0 Å². The van der Waals surface area contributed by atoms with Gasteiger partial charge in [-0.3, -0.25) is 9.69 Å². The largest absolute Gasteiger partial charge is 0.351 e. The molecule has 1 aliphatic heterocycles. The van der Waals surface area contributed by atoms with Crippen molar-refractivity contribution >= 4 is 17.7 Å². The number of nitrogens with zero attached hydrogens (tertiary/aromatic N) is 1. The van der Waals surface area contributed by atoms with E-state index >= 15 is 0 Å². The highest BCUT2D eigenvalue weighted by molar-refractivity contribution is 8.00. The summed E-state index contributed by atoms with van der Waals surface area (Å²) in [7, 11) is 0. The Bertz CT molecular complexity index is 666. The van der Waals surface area contributed by atoms with Crippen LogP contribution in [-0.2, 0) is 17.9 Å². The van der Waals surface area contributed by atoms with Crippen molar-refractivity contribution in [3.05, 3.63) is 65.7 Å². The highest BCUT2D eigenvalue weighted by Crippen LogP contribution is 2.22. The van der Waals surface area contributed by atoms with E-state index in [0.29, 0.717) is 6.54 Å². The van der Waals surface area contributed by atoms with Gasteiger partial charge in [0.2, 0.25) is 5.91 Å². The maximum absolute atomic E-state index is 12.3. The summed E-state index contributed by atoms with van der Waals surface area (Å²) in [5, 5.41) is 2.94. The molecule has 0 unspecified atom stereocenters. The number of nitrogens with one attached hydrogen (secondary N) is 1. The maximum Gasteiger partial charge on any atom is 0.233 e. The number of carbonyl (C=O) groups excluding carboxylic acids is 1. The predicted molar refractivity (Wildman–Crippen MR) is 105 cm³/mol. The van der Waals surface area contributed by atoms with Crippen LogP contribution in [0, 0.1) is 0 Å². The Morgan fingerprint density at radius 3 is 2.36 bits per heavy atom. The lowest BCUT2D eigenvalue weighted by atomic mass is 10.1. The van der Waals surface area contributed by atoms with E-state index < -0.39 is 0 Å². The molecule has 1 fully saturated rings. The molecule has 2 aromatic rings. The second-order valence-electron chi connectivity index (χ2n) is 6.59. The fraction of sp³-hybridized carbons (Fsp3) is 0.381. The van der Waals surface area contributed by atoms with Gasteiger partial charge in [0.25, 0.3) is 0 Å². The minimum Gasteiger partial charge on any atom is -0.351 e. The van der Waals surface area contributed by atoms with Crippen molar-refractivity contribution < 1.29 is 4.79 Å². The first kappa shape index (κ1) is 18.0. The quantitative estimate of drug-likeness (QED) is 0.761. The monoisotopic (exact) mass is 354 g/mol. The van der Waals surface area contributed by atoms with Crippen molar-refractivity contribution in [2.45, 2.75) is 43.0 Å². The predicted octanol–water partition coefficient (Wildman–Crippen LogP) is 4.08. The molecule has 1 saturated heterocycles. The first-order valence-electron chi connectivity index (χ1n) is 9.00. The van der Waals surface area contributed by atoms with Crippen LogP contribution in [0.5, 0.6) is 0 Å². The van der Waals surface area contributed by atoms with Gasteiger partial charge in [0, 0.05) is 18.0 Å². The summed E-state index contributed by atoms with van der Waals surface area (Å²) in [6, 6.07) is 18.7. The SMILES string of the molecule is C[C@H](Sc1ccccc1)C(=O)NCc1ccc(CN2CCCC2)cc1. The molecule has 1 N–H and O–H groups in total. The highest BCUT2D eigenvalue weighted by atomic mass is 32.2. The van der Waals surface area contributed by atoms with E-state index in [1.165, 1.54) is 31.5 Å². The van der Waals surface area contributed by atoms with Crippen molar-refractivity contribution in [3.8, 4) is 0 Å². The van der Waals surface area contributed by atoms with Crippen molar-refractivity contribution in [3.63, 3.8) is 0 Å². The fourth-order valence-corrected chi connectivity index (χ4v) is 3.96. The number of thioether (sulfide) groups is 1. The van der Waals surface area contributed by atoms with Gasteiger partial charge in [0.1, 0.15) is 0 Å². The molecule has 0 radical (unpaired) electrons. The molecule has 2 aromatic carbocycles. The zero-order valence-corrected chi connectivity index (χ0v) is 15.6. The molecular weight excluding hydrogens is 328 g/mol. The van der Waals surface area contributed by atoms with Crippen LogP contribution in [0.1, 0.15) is 30.9 Å². The zero-order valence-electron chi connectivity index (χ0n) is 14.8. The van der Waals surface area contributed by atoms with Crippen LogP contribution in [0.15, 0.2) is 59.5 Å². The molecule has 1 amide bonds. The third-order valence-electron chi connectivity index (χ3n) is 4.52.